The number of hydrogen-bond acceptors (Lipinski definition) is 5. The fraction of sp³-hybridized carbons (Fsp3) is 0.556. The molecule has 6 heteroatoms. The van der Waals surface area contributed by atoms with Gasteiger partial charge >= 0.3 is 0 Å². The third-order valence-electron chi connectivity index (χ3n) is 1.88. The van der Waals surface area contributed by atoms with Crippen LogP contribution in [0.3, 0.4) is 0 Å². The lowest BCUT2D eigenvalue weighted by Gasteiger charge is -2.00. The van der Waals surface area contributed by atoms with Gasteiger partial charge < -0.3 is 14.9 Å². The van der Waals surface area contributed by atoms with Crippen molar-refractivity contribution in [3.8, 4) is 0 Å². The van der Waals surface area contributed by atoms with Gasteiger partial charge in [-0.25, -0.2) is 8.42 Å². The first-order valence-corrected chi connectivity index (χ1v) is 6.36. The molecular weight excluding hydrogens is 218 g/mol. The molecule has 0 bridgehead atoms. The maximum atomic E-state index is 11.5. The van der Waals surface area contributed by atoms with Crippen LogP contribution < -0.4 is 5.73 Å². The molecule has 0 aliphatic rings. The highest BCUT2D eigenvalue weighted by Gasteiger charge is 2.14. The van der Waals surface area contributed by atoms with E-state index in [1.807, 2.05) is 0 Å². The molecule has 0 aliphatic carbocycles. The number of nitrogens with two attached hydrogens (primary N) is 1. The maximum absolute atomic E-state index is 11.5. The third kappa shape index (κ3) is 4.03. The summed E-state index contributed by atoms with van der Waals surface area (Å²) in [6.07, 6.45) is 0. The Balaban J connectivity index is 2.60. The van der Waals surface area contributed by atoms with Crippen molar-refractivity contribution in [1.29, 1.82) is 0 Å². The van der Waals surface area contributed by atoms with Crippen LogP contribution >= 0.6 is 0 Å². The van der Waals surface area contributed by atoms with E-state index in [0.29, 0.717) is 11.5 Å². The highest BCUT2D eigenvalue weighted by Crippen LogP contribution is 2.11. The van der Waals surface area contributed by atoms with Crippen molar-refractivity contribution >= 4 is 9.84 Å². The van der Waals surface area contributed by atoms with Crippen LogP contribution in [0.15, 0.2) is 16.5 Å². The summed E-state index contributed by atoms with van der Waals surface area (Å²) in [6, 6.07) is 3.31. The highest BCUT2D eigenvalue weighted by atomic mass is 32.2. The first-order chi connectivity index (χ1) is 7.07. The van der Waals surface area contributed by atoms with Crippen molar-refractivity contribution in [2.45, 2.75) is 12.3 Å². The molecular formula is C9H15NO4S. The van der Waals surface area contributed by atoms with Gasteiger partial charge in [0, 0.05) is 7.11 Å². The van der Waals surface area contributed by atoms with Crippen LogP contribution in [0.5, 0.6) is 0 Å². The molecule has 0 unspecified atom stereocenters. The first kappa shape index (κ1) is 12.2. The van der Waals surface area contributed by atoms with Crippen molar-refractivity contribution in [2.75, 3.05) is 19.5 Å². The van der Waals surface area contributed by atoms with Gasteiger partial charge in [0.05, 0.1) is 18.9 Å². The largest absolute Gasteiger partial charge is 0.464 e. The summed E-state index contributed by atoms with van der Waals surface area (Å²) in [4.78, 5) is 0. The fourth-order valence-corrected chi connectivity index (χ4v) is 2.26. The fourth-order valence-electron chi connectivity index (χ4n) is 1.11. The molecule has 0 saturated heterocycles. The van der Waals surface area contributed by atoms with Gasteiger partial charge in [-0.2, -0.15) is 0 Å². The van der Waals surface area contributed by atoms with Crippen molar-refractivity contribution in [3.05, 3.63) is 23.7 Å². The normalized spacial score (nSPS) is 11.9. The number of sulfone groups is 1. The molecule has 5 nitrogen and oxygen atoms in total. The Hall–Kier alpha value is -0.850. The topological polar surface area (TPSA) is 82.5 Å². The second-order valence-corrected chi connectivity index (χ2v) is 5.34. The number of hydrogen-bond donors (Lipinski definition) is 1. The average molecular weight is 233 g/mol. The molecule has 0 amide bonds. The molecule has 1 heterocycles. The Labute approximate surface area is 89.1 Å². The van der Waals surface area contributed by atoms with Crippen LogP contribution in [0.25, 0.3) is 0 Å². The van der Waals surface area contributed by atoms with Gasteiger partial charge in [-0.15, -0.1) is 0 Å². The Morgan fingerprint density at radius 2 is 2.07 bits per heavy atom. The molecule has 0 fully saturated rings. The van der Waals surface area contributed by atoms with E-state index in [1.165, 1.54) is 7.11 Å². The van der Waals surface area contributed by atoms with E-state index in [4.69, 9.17) is 14.9 Å². The molecule has 0 aromatic carbocycles. The lowest BCUT2D eigenvalue weighted by atomic mass is 10.4. The standard InChI is InChI=1S/C9H15NO4S/c1-13-4-5-15(11,12)7-9-3-2-8(6-10)14-9/h2-3H,4-7,10H2,1H3. The molecule has 0 spiro atoms. The molecule has 0 saturated carbocycles. The maximum Gasteiger partial charge on any atom is 0.159 e. The van der Waals surface area contributed by atoms with Crippen molar-refractivity contribution in [3.63, 3.8) is 0 Å². The molecule has 2 N–H and O–H groups in total. The zero-order valence-corrected chi connectivity index (χ0v) is 9.42. The number of ether oxygens (including phenoxy) is 1. The highest BCUT2D eigenvalue weighted by molar-refractivity contribution is 7.90. The number of rotatable bonds is 6. The predicted molar refractivity (Wildman–Crippen MR) is 56.0 cm³/mol. The summed E-state index contributed by atoms with van der Waals surface area (Å²) >= 11 is 0. The van der Waals surface area contributed by atoms with Crippen LogP contribution in [-0.2, 0) is 26.9 Å². The molecule has 0 radical (unpaired) electrons. The van der Waals surface area contributed by atoms with Crippen LogP contribution in [0, 0.1) is 0 Å². The van der Waals surface area contributed by atoms with Crippen molar-refractivity contribution in [2.24, 2.45) is 5.73 Å². The first-order valence-electron chi connectivity index (χ1n) is 4.54. The van der Waals surface area contributed by atoms with Crippen molar-refractivity contribution in [1.82, 2.24) is 0 Å². The minimum Gasteiger partial charge on any atom is -0.464 e. The van der Waals surface area contributed by atoms with Crippen LogP contribution in [0.2, 0.25) is 0 Å². The Kier molecular flexibility index (Phi) is 4.31. The molecule has 1 aromatic rings. The molecule has 0 atom stereocenters. The lowest BCUT2D eigenvalue weighted by Crippen LogP contribution is -2.13. The SMILES string of the molecule is COCCS(=O)(=O)Cc1ccc(CN)o1. The van der Waals surface area contributed by atoms with Crippen LogP contribution in [-0.4, -0.2) is 27.9 Å². The van der Waals surface area contributed by atoms with E-state index in [1.54, 1.807) is 12.1 Å². The summed E-state index contributed by atoms with van der Waals surface area (Å²) in [5.41, 5.74) is 5.34. The second kappa shape index (κ2) is 5.29. The average Bonchev–Trinajstić information content (AvgIpc) is 2.62. The van der Waals surface area contributed by atoms with Gasteiger partial charge in [0.2, 0.25) is 0 Å². The molecule has 1 rings (SSSR count). The minimum atomic E-state index is -3.15. The number of methoxy groups -OCH3 is 1. The van der Waals surface area contributed by atoms with Gasteiger partial charge in [-0.3, -0.25) is 0 Å². The second-order valence-electron chi connectivity index (χ2n) is 3.16. The van der Waals surface area contributed by atoms with Crippen molar-refractivity contribution < 1.29 is 17.6 Å². The Morgan fingerprint density at radius 3 is 2.60 bits per heavy atom. The summed E-state index contributed by atoms with van der Waals surface area (Å²) < 4.78 is 32.9. The van der Waals surface area contributed by atoms with E-state index in [-0.39, 0.29) is 24.7 Å². The van der Waals surface area contributed by atoms with E-state index >= 15 is 0 Å². The third-order valence-corrected chi connectivity index (χ3v) is 3.39. The lowest BCUT2D eigenvalue weighted by molar-refractivity contribution is 0.217. The summed E-state index contributed by atoms with van der Waals surface area (Å²) in [5.74, 6) is 0.914. The minimum absolute atomic E-state index is 0.00214. The zero-order chi connectivity index (χ0) is 11.3. The van der Waals surface area contributed by atoms with Gasteiger partial charge in [0.25, 0.3) is 0 Å². The predicted octanol–water partition coefficient (Wildman–Crippen LogP) is 0.300. The van der Waals surface area contributed by atoms with Gasteiger partial charge in [0.15, 0.2) is 9.84 Å². The molecule has 15 heavy (non-hydrogen) atoms. The zero-order valence-electron chi connectivity index (χ0n) is 8.60. The quantitative estimate of drug-likeness (QED) is 0.764. The summed E-state index contributed by atoms with van der Waals surface area (Å²) in [7, 11) is -1.68. The van der Waals surface area contributed by atoms with Crippen LogP contribution in [0.4, 0.5) is 0 Å². The van der Waals surface area contributed by atoms with E-state index in [0.717, 1.165) is 0 Å². The Bertz CT molecular complexity index is 396. The Morgan fingerprint density at radius 1 is 1.40 bits per heavy atom. The molecule has 1 aromatic heterocycles. The van der Waals surface area contributed by atoms with Gasteiger partial charge in [-0.05, 0) is 12.1 Å². The van der Waals surface area contributed by atoms with E-state index in [2.05, 4.69) is 0 Å². The van der Waals surface area contributed by atoms with E-state index in [9.17, 15) is 8.42 Å². The van der Waals surface area contributed by atoms with E-state index < -0.39 is 9.84 Å². The molecule has 0 aliphatic heterocycles. The van der Waals surface area contributed by atoms with Gasteiger partial charge in [0.1, 0.15) is 17.3 Å². The molecule has 86 valence electrons. The van der Waals surface area contributed by atoms with Gasteiger partial charge in [-0.1, -0.05) is 0 Å². The smallest absolute Gasteiger partial charge is 0.159 e. The summed E-state index contributed by atoms with van der Waals surface area (Å²) in [5, 5.41) is 0. The monoisotopic (exact) mass is 233 g/mol. The van der Waals surface area contributed by atoms with Crippen LogP contribution in [0.1, 0.15) is 11.5 Å². The summed E-state index contributed by atoms with van der Waals surface area (Å²) in [6.45, 7) is 0.477. The number of furan rings is 1.